The van der Waals surface area contributed by atoms with Crippen LogP contribution in [0.3, 0.4) is 0 Å². The Kier molecular flexibility index (Phi) is 7.29. The van der Waals surface area contributed by atoms with E-state index in [0.29, 0.717) is 37.9 Å². The van der Waals surface area contributed by atoms with E-state index in [0.717, 1.165) is 29.7 Å². The quantitative estimate of drug-likeness (QED) is 0.315. The van der Waals surface area contributed by atoms with Crippen LogP contribution in [0.1, 0.15) is 58.5 Å². The number of halogens is 2. The molecule has 1 atom stereocenters. The van der Waals surface area contributed by atoms with Gasteiger partial charge in [0.05, 0.1) is 15.6 Å². The monoisotopic (exact) mass is 549 g/mol. The van der Waals surface area contributed by atoms with Gasteiger partial charge in [-0.3, -0.25) is 14.9 Å². The number of hydrogen-bond acceptors (Lipinski definition) is 5. The van der Waals surface area contributed by atoms with Gasteiger partial charge in [0.1, 0.15) is 10.8 Å². The van der Waals surface area contributed by atoms with Crippen molar-refractivity contribution < 1.29 is 14.0 Å². The molecule has 0 radical (unpaired) electrons. The number of benzene rings is 1. The molecule has 0 saturated heterocycles. The van der Waals surface area contributed by atoms with Crippen LogP contribution in [0.2, 0.25) is 10.0 Å². The molecule has 2 aromatic heterocycles. The summed E-state index contributed by atoms with van der Waals surface area (Å²) < 4.78 is 5.68. The Morgan fingerprint density at radius 2 is 1.91 bits per heavy atom. The summed E-state index contributed by atoms with van der Waals surface area (Å²) in [6, 6.07) is 8.26. The highest BCUT2D eigenvalue weighted by molar-refractivity contribution is 7.80. The van der Waals surface area contributed by atoms with Gasteiger partial charge in [0.2, 0.25) is 0 Å². The van der Waals surface area contributed by atoms with E-state index in [1.54, 1.807) is 30.3 Å². The van der Waals surface area contributed by atoms with Gasteiger partial charge in [0, 0.05) is 10.4 Å². The number of hydrogen-bond donors (Lipinski definition) is 3. The second kappa shape index (κ2) is 9.93. The standard InChI is InChI=1S/C25H25Cl2N3O3S2/c1-25(2,3)13-5-6-14-19(11-13)35-23(20(14)21(28)31)30-24(34)29-22(32)18-9-8-17(33-18)12-4-7-15(26)16(27)10-12/h4,7-10,13H,5-6,11H2,1-3H3,(H2,28,31)(H2,29,30,32,34)/t13-/m0/s1. The van der Waals surface area contributed by atoms with Crippen LogP contribution >= 0.6 is 46.8 Å². The van der Waals surface area contributed by atoms with Crippen molar-refractivity contribution in [1.82, 2.24) is 5.32 Å². The molecule has 3 aromatic rings. The zero-order chi connectivity index (χ0) is 25.5. The van der Waals surface area contributed by atoms with E-state index < -0.39 is 11.8 Å². The first-order valence-corrected chi connectivity index (χ1v) is 13.0. The zero-order valence-electron chi connectivity index (χ0n) is 19.5. The normalized spacial score (nSPS) is 15.4. The van der Waals surface area contributed by atoms with Crippen molar-refractivity contribution >= 4 is 68.7 Å². The fourth-order valence-corrected chi connectivity index (χ4v) is 6.13. The molecule has 4 rings (SSSR count). The summed E-state index contributed by atoms with van der Waals surface area (Å²) in [4.78, 5) is 26.1. The van der Waals surface area contributed by atoms with E-state index in [1.165, 1.54) is 11.3 Å². The summed E-state index contributed by atoms with van der Waals surface area (Å²) in [5.41, 5.74) is 8.00. The van der Waals surface area contributed by atoms with Gasteiger partial charge in [0.15, 0.2) is 10.9 Å². The molecule has 0 spiro atoms. The minimum atomic E-state index is -0.524. The highest BCUT2D eigenvalue weighted by atomic mass is 35.5. The molecule has 35 heavy (non-hydrogen) atoms. The number of furan rings is 1. The first kappa shape index (κ1) is 25.7. The fraction of sp³-hybridized carbons (Fsp3) is 0.320. The Bertz CT molecular complexity index is 1320. The van der Waals surface area contributed by atoms with Crippen LogP contribution in [0.15, 0.2) is 34.7 Å². The lowest BCUT2D eigenvalue weighted by molar-refractivity contribution is 0.0950. The predicted octanol–water partition coefficient (Wildman–Crippen LogP) is 6.69. The van der Waals surface area contributed by atoms with Crippen molar-refractivity contribution in [3.63, 3.8) is 0 Å². The Hall–Kier alpha value is -2.39. The number of rotatable bonds is 4. The van der Waals surface area contributed by atoms with Crippen LogP contribution in [-0.4, -0.2) is 16.9 Å². The third-order valence-corrected chi connectivity index (χ3v) is 8.34. The summed E-state index contributed by atoms with van der Waals surface area (Å²) in [6.45, 7) is 6.70. The maximum atomic E-state index is 12.7. The lowest BCUT2D eigenvalue weighted by Crippen LogP contribution is -2.34. The van der Waals surface area contributed by atoms with Crippen molar-refractivity contribution in [2.45, 2.75) is 40.0 Å². The molecule has 0 bridgehead atoms. The molecule has 6 nitrogen and oxygen atoms in total. The smallest absolute Gasteiger partial charge is 0.293 e. The van der Waals surface area contributed by atoms with Crippen molar-refractivity contribution in [2.75, 3.05) is 5.32 Å². The van der Waals surface area contributed by atoms with Crippen molar-refractivity contribution in [3.05, 3.63) is 62.1 Å². The Labute approximate surface area is 223 Å². The number of nitrogens with two attached hydrogens (primary N) is 1. The van der Waals surface area contributed by atoms with Crippen molar-refractivity contribution in [3.8, 4) is 11.3 Å². The molecule has 1 aromatic carbocycles. The fourth-order valence-electron chi connectivity index (χ4n) is 4.24. The number of thiocarbonyl (C=S) groups is 1. The number of anilines is 1. The first-order valence-electron chi connectivity index (χ1n) is 11.1. The summed E-state index contributed by atoms with van der Waals surface area (Å²) >= 11 is 18.9. The predicted molar refractivity (Wildman–Crippen MR) is 146 cm³/mol. The summed E-state index contributed by atoms with van der Waals surface area (Å²) in [6.07, 6.45) is 2.67. The highest BCUT2D eigenvalue weighted by Crippen LogP contribution is 2.44. The van der Waals surface area contributed by atoms with Gasteiger partial charge in [-0.1, -0.05) is 44.0 Å². The molecule has 10 heteroatoms. The molecule has 1 aliphatic carbocycles. The molecule has 0 saturated carbocycles. The average molecular weight is 551 g/mol. The molecule has 1 aliphatic rings. The minimum absolute atomic E-state index is 0.0518. The molecule has 0 fully saturated rings. The van der Waals surface area contributed by atoms with E-state index in [2.05, 4.69) is 31.4 Å². The Balaban J connectivity index is 1.48. The van der Waals surface area contributed by atoms with Gasteiger partial charge in [0.25, 0.3) is 11.8 Å². The number of carbonyl (C=O) groups is 2. The van der Waals surface area contributed by atoms with Crippen LogP contribution in [0.5, 0.6) is 0 Å². The third-order valence-electron chi connectivity index (χ3n) is 6.22. The van der Waals surface area contributed by atoms with Crippen LogP contribution in [-0.2, 0) is 12.8 Å². The second-order valence-electron chi connectivity index (χ2n) is 9.58. The molecule has 2 heterocycles. The number of carbonyl (C=O) groups excluding carboxylic acids is 2. The van der Waals surface area contributed by atoms with E-state index in [1.807, 2.05) is 0 Å². The van der Waals surface area contributed by atoms with Gasteiger partial charge in [-0.2, -0.15) is 0 Å². The molecule has 184 valence electrons. The third kappa shape index (κ3) is 5.56. The number of amides is 2. The Morgan fingerprint density at radius 1 is 1.17 bits per heavy atom. The first-order chi connectivity index (χ1) is 16.4. The summed E-state index contributed by atoms with van der Waals surface area (Å²) in [5, 5.41) is 7.02. The largest absolute Gasteiger partial charge is 0.451 e. The van der Waals surface area contributed by atoms with E-state index in [4.69, 9.17) is 45.6 Å². The van der Waals surface area contributed by atoms with Crippen molar-refractivity contribution in [1.29, 1.82) is 0 Å². The van der Waals surface area contributed by atoms with Gasteiger partial charge >= 0.3 is 0 Å². The molecule has 2 amide bonds. The topological polar surface area (TPSA) is 97.4 Å². The van der Waals surface area contributed by atoms with Gasteiger partial charge in [-0.05, 0) is 78.7 Å². The van der Waals surface area contributed by atoms with Gasteiger partial charge in [-0.25, -0.2) is 0 Å². The number of fused-ring (bicyclic) bond motifs is 1. The molecular formula is C25H25Cl2N3O3S2. The minimum Gasteiger partial charge on any atom is -0.451 e. The van der Waals surface area contributed by atoms with Crippen LogP contribution in [0.25, 0.3) is 11.3 Å². The summed E-state index contributed by atoms with van der Waals surface area (Å²) in [7, 11) is 0. The molecule has 0 unspecified atom stereocenters. The van der Waals surface area contributed by atoms with Crippen LogP contribution in [0.4, 0.5) is 5.00 Å². The van der Waals surface area contributed by atoms with Gasteiger partial charge < -0.3 is 15.5 Å². The molecule has 0 aliphatic heterocycles. The number of nitrogens with one attached hydrogen (secondary N) is 2. The lowest BCUT2D eigenvalue weighted by atomic mass is 9.72. The highest BCUT2D eigenvalue weighted by Gasteiger charge is 2.33. The van der Waals surface area contributed by atoms with Crippen LogP contribution < -0.4 is 16.4 Å². The summed E-state index contributed by atoms with van der Waals surface area (Å²) in [5.74, 6) is 0.0125. The van der Waals surface area contributed by atoms with E-state index >= 15 is 0 Å². The van der Waals surface area contributed by atoms with Crippen LogP contribution in [0, 0.1) is 11.3 Å². The Morgan fingerprint density at radius 3 is 2.57 bits per heavy atom. The van der Waals surface area contributed by atoms with E-state index in [-0.39, 0.29) is 16.3 Å². The SMILES string of the molecule is CC(C)(C)[C@H]1CCc2c(sc(NC(=S)NC(=O)c3ccc(-c4ccc(Cl)c(Cl)c4)o3)c2C(N)=O)C1. The number of primary amides is 1. The second-order valence-corrected chi connectivity index (χ2v) is 11.9. The average Bonchev–Trinajstić information content (AvgIpc) is 3.39. The number of thiophene rings is 1. The zero-order valence-corrected chi connectivity index (χ0v) is 22.6. The lowest BCUT2D eigenvalue weighted by Gasteiger charge is -2.33. The molecule has 4 N–H and O–H groups in total. The van der Waals surface area contributed by atoms with Crippen molar-refractivity contribution in [2.24, 2.45) is 17.1 Å². The van der Waals surface area contributed by atoms with E-state index in [9.17, 15) is 9.59 Å². The van der Waals surface area contributed by atoms with Gasteiger partial charge in [-0.15, -0.1) is 11.3 Å². The molecular weight excluding hydrogens is 525 g/mol. The maximum absolute atomic E-state index is 12.7. The maximum Gasteiger partial charge on any atom is 0.293 e.